The highest BCUT2D eigenvalue weighted by Gasteiger charge is 2.55. The summed E-state index contributed by atoms with van der Waals surface area (Å²) >= 11 is 0. The van der Waals surface area contributed by atoms with E-state index < -0.39 is 161 Å². The third-order valence-electron chi connectivity index (χ3n) is 9.17. The topological polar surface area (TPSA) is 377 Å². The van der Waals surface area contributed by atoms with E-state index in [1.165, 1.54) is 0 Å². The number of aliphatic hydroxyl groups excluding tert-OH is 10. The second-order valence-corrected chi connectivity index (χ2v) is 12.8. The quantitative estimate of drug-likeness (QED) is 0.0881. The number of hydrogen-bond acceptors (Lipinski definition) is 21. The third-order valence-corrected chi connectivity index (χ3v) is 9.17. The molecule has 0 bridgehead atoms. The Morgan fingerprint density at radius 1 is 0.529 bits per heavy atom. The number of ether oxygens (including phenoxy) is 7. The van der Waals surface area contributed by atoms with Crippen LogP contribution in [0.3, 0.4) is 0 Å². The first-order valence-corrected chi connectivity index (χ1v) is 16.2. The van der Waals surface area contributed by atoms with E-state index in [-0.39, 0.29) is 0 Å². The van der Waals surface area contributed by atoms with Gasteiger partial charge in [0.05, 0.1) is 38.5 Å². The first-order chi connectivity index (χ1) is 24.1. The fourth-order valence-electron chi connectivity index (χ4n) is 6.44. The highest BCUT2D eigenvalue weighted by molar-refractivity contribution is 5.73. The number of carbonyl (C=O) groups is 2. The van der Waals surface area contributed by atoms with Gasteiger partial charge >= 0.3 is 0 Å². The highest BCUT2D eigenvalue weighted by atomic mass is 16.8. The van der Waals surface area contributed by atoms with Crippen LogP contribution < -0.4 is 22.1 Å². The second kappa shape index (κ2) is 18.0. The van der Waals surface area contributed by atoms with E-state index in [4.69, 9.17) is 44.6 Å². The second-order valence-electron chi connectivity index (χ2n) is 12.8. The molecule has 0 saturated carbocycles. The first kappa shape index (κ1) is 41.9. The van der Waals surface area contributed by atoms with Crippen molar-refractivity contribution in [3.63, 3.8) is 0 Å². The Hall–Kier alpha value is -1.82. The normalized spacial score (nSPS) is 47.8. The summed E-state index contributed by atoms with van der Waals surface area (Å²) in [5.74, 6) is -1.33. The van der Waals surface area contributed by atoms with Crippen molar-refractivity contribution in [3.8, 4) is 0 Å². The van der Waals surface area contributed by atoms with E-state index in [0.717, 1.165) is 13.8 Å². The van der Waals surface area contributed by atoms with Crippen LogP contribution in [-0.2, 0) is 42.7 Å². The van der Waals surface area contributed by atoms with Crippen molar-refractivity contribution in [1.82, 2.24) is 10.6 Å². The van der Waals surface area contributed by atoms with Crippen molar-refractivity contribution in [2.45, 2.75) is 136 Å². The molecule has 4 heterocycles. The standard InChI is InChI=1S/C28H50N4O19/c1-7(37)31-15-20(42)17(39)9(3-33)46-27(15)51-23-11(5-35)47-26(14(30)19(23)41)49-24-12(6-36)48-28(16(21(24)43)32-8(2)38)50-22-10(4-34)45-25(44)13(29)18(22)40/h9-28,33-36,39-44H,3-6,29-30H2,1-2H3,(H,31,37)(H,32,38)/t9-,10-,11-,12-,13-,14-,15-,16-,17-,18-,19-,20-,21-,22-,23-,24-,25-,26+,27+,28+/m1/s1. The van der Waals surface area contributed by atoms with Crippen LogP contribution in [0.2, 0.25) is 0 Å². The predicted octanol–water partition coefficient (Wildman–Crippen LogP) is -9.53. The van der Waals surface area contributed by atoms with Crippen LogP contribution in [0.15, 0.2) is 0 Å². The number of rotatable bonds is 12. The Morgan fingerprint density at radius 2 is 0.902 bits per heavy atom. The zero-order chi connectivity index (χ0) is 37.9. The molecule has 4 aliphatic rings. The van der Waals surface area contributed by atoms with Gasteiger partial charge in [0, 0.05) is 13.8 Å². The van der Waals surface area contributed by atoms with Gasteiger partial charge in [0.2, 0.25) is 11.8 Å². The Bertz CT molecular complexity index is 1140. The minimum absolute atomic E-state index is 0.647. The molecule has 0 unspecified atom stereocenters. The van der Waals surface area contributed by atoms with Gasteiger partial charge in [-0.1, -0.05) is 0 Å². The lowest BCUT2D eigenvalue weighted by Crippen LogP contribution is -2.71. The Kier molecular flexibility index (Phi) is 14.8. The summed E-state index contributed by atoms with van der Waals surface area (Å²) in [6.45, 7) is -0.964. The Balaban J connectivity index is 1.52. The van der Waals surface area contributed by atoms with Crippen LogP contribution in [0.25, 0.3) is 0 Å². The molecule has 0 aromatic carbocycles. The number of amides is 2. The molecule has 4 fully saturated rings. The largest absolute Gasteiger partial charge is 0.394 e. The van der Waals surface area contributed by atoms with Crippen molar-refractivity contribution < 1.29 is 93.8 Å². The summed E-state index contributed by atoms with van der Waals surface area (Å²) in [6, 6.07) is -5.81. The molecule has 2 amide bonds. The van der Waals surface area contributed by atoms with Gasteiger partial charge in [-0.2, -0.15) is 0 Å². The molecule has 4 saturated heterocycles. The molecule has 4 aliphatic heterocycles. The van der Waals surface area contributed by atoms with Crippen molar-refractivity contribution in [3.05, 3.63) is 0 Å². The maximum Gasteiger partial charge on any atom is 0.217 e. The summed E-state index contributed by atoms with van der Waals surface area (Å²) in [7, 11) is 0. The third kappa shape index (κ3) is 9.11. The number of hydrogen-bond donors (Lipinski definition) is 14. The maximum atomic E-state index is 12.2. The summed E-state index contributed by atoms with van der Waals surface area (Å²) in [5.41, 5.74) is 12.0. The molecule has 23 nitrogen and oxygen atoms in total. The molecule has 20 atom stereocenters. The SMILES string of the molecule is CC(=O)N[C@H]1[C@H](O[C@H]2[C@H](O)[C@@H](N)[C@H](O)O[C@@H]2CO)O[C@H](CO)[C@@H](O[C@@H]2O[C@H](CO)[C@@H](O[C@@H]3O[C@H](CO)[C@@H](O)[C@H](O)[C@H]3NC(C)=O)[C@H](O)[C@H]2N)[C@@H]1O. The van der Waals surface area contributed by atoms with Crippen LogP contribution in [0.5, 0.6) is 0 Å². The van der Waals surface area contributed by atoms with E-state index in [2.05, 4.69) is 10.6 Å². The van der Waals surface area contributed by atoms with Gasteiger partial charge in [-0.25, -0.2) is 0 Å². The van der Waals surface area contributed by atoms with Gasteiger partial charge in [0.1, 0.15) is 85.3 Å². The van der Waals surface area contributed by atoms with Crippen molar-refractivity contribution in [2.75, 3.05) is 26.4 Å². The van der Waals surface area contributed by atoms with Crippen LogP contribution in [0.4, 0.5) is 0 Å². The average molecular weight is 747 g/mol. The monoisotopic (exact) mass is 746 g/mol. The number of nitrogens with two attached hydrogens (primary N) is 2. The minimum Gasteiger partial charge on any atom is -0.394 e. The maximum absolute atomic E-state index is 12.2. The van der Waals surface area contributed by atoms with Crippen molar-refractivity contribution in [2.24, 2.45) is 11.5 Å². The van der Waals surface area contributed by atoms with Crippen molar-refractivity contribution >= 4 is 11.8 Å². The molecule has 0 aromatic rings. The van der Waals surface area contributed by atoms with Crippen LogP contribution in [-0.4, -0.2) is 212 Å². The molecule has 0 radical (unpaired) electrons. The van der Waals surface area contributed by atoms with Gasteiger partial charge < -0.3 is 106 Å². The van der Waals surface area contributed by atoms with Gasteiger partial charge in [-0.15, -0.1) is 0 Å². The van der Waals surface area contributed by atoms with Crippen LogP contribution in [0, 0.1) is 0 Å². The molecular weight excluding hydrogens is 696 g/mol. The van der Waals surface area contributed by atoms with E-state index in [9.17, 15) is 60.7 Å². The van der Waals surface area contributed by atoms with Crippen LogP contribution >= 0.6 is 0 Å². The zero-order valence-electron chi connectivity index (χ0n) is 27.7. The number of carbonyl (C=O) groups excluding carboxylic acids is 2. The molecule has 23 heteroatoms. The van der Waals surface area contributed by atoms with Gasteiger partial charge in [0.25, 0.3) is 0 Å². The zero-order valence-corrected chi connectivity index (χ0v) is 27.7. The summed E-state index contributed by atoms with van der Waals surface area (Å²) < 4.78 is 39.9. The first-order valence-electron chi connectivity index (χ1n) is 16.2. The van der Waals surface area contributed by atoms with Gasteiger partial charge in [-0.05, 0) is 0 Å². The lowest BCUT2D eigenvalue weighted by molar-refractivity contribution is -0.360. The van der Waals surface area contributed by atoms with E-state index >= 15 is 0 Å². The van der Waals surface area contributed by atoms with Gasteiger partial charge in [0.15, 0.2) is 25.2 Å². The summed E-state index contributed by atoms with van der Waals surface area (Å²) in [6.07, 6.45) is -25.2. The molecule has 16 N–H and O–H groups in total. The average Bonchev–Trinajstić information content (AvgIpc) is 3.09. The Labute approximate surface area is 290 Å². The molecule has 0 aliphatic carbocycles. The highest BCUT2D eigenvalue weighted by Crippen LogP contribution is 2.33. The molecule has 0 aromatic heterocycles. The molecule has 51 heavy (non-hydrogen) atoms. The lowest BCUT2D eigenvalue weighted by Gasteiger charge is -2.50. The van der Waals surface area contributed by atoms with Crippen molar-refractivity contribution in [1.29, 1.82) is 0 Å². The summed E-state index contributed by atoms with van der Waals surface area (Å²) in [5, 5.41) is 109. The smallest absolute Gasteiger partial charge is 0.217 e. The van der Waals surface area contributed by atoms with E-state index in [1.807, 2.05) is 0 Å². The number of aliphatic hydroxyl groups is 10. The summed E-state index contributed by atoms with van der Waals surface area (Å²) in [4.78, 5) is 24.0. The van der Waals surface area contributed by atoms with Gasteiger partial charge in [-0.3, -0.25) is 9.59 Å². The predicted molar refractivity (Wildman–Crippen MR) is 161 cm³/mol. The van der Waals surface area contributed by atoms with Crippen LogP contribution in [0.1, 0.15) is 13.8 Å². The Morgan fingerprint density at radius 3 is 1.37 bits per heavy atom. The molecule has 0 spiro atoms. The lowest BCUT2D eigenvalue weighted by atomic mass is 9.93. The molecular formula is C28H50N4O19. The minimum atomic E-state index is -1.79. The molecule has 4 rings (SSSR count). The fraction of sp³-hybridized carbons (Fsp3) is 0.929. The van der Waals surface area contributed by atoms with E-state index in [1.54, 1.807) is 0 Å². The van der Waals surface area contributed by atoms with E-state index in [0.29, 0.717) is 0 Å². The molecule has 296 valence electrons. The number of nitrogens with one attached hydrogen (secondary N) is 2. The fourth-order valence-corrected chi connectivity index (χ4v) is 6.44.